The second kappa shape index (κ2) is 6.01. The molecule has 0 bridgehead atoms. The van der Waals surface area contributed by atoms with Gasteiger partial charge in [-0.3, -0.25) is 9.59 Å². The number of carbonyl (C=O) groups excluding carboxylic acids is 2. The molecule has 0 saturated heterocycles. The molecule has 1 aromatic rings. The highest BCUT2D eigenvalue weighted by Crippen LogP contribution is 2.81. The molecule has 3 rings (SSSR count). The smallest absolute Gasteiger partial charge is 0.323 e. The van der Waals surface area contributed by atoms with E-state index in [0.717, 1.165) is 17.6 Å². The Morgan fingerprint density at radius 1 is 1.00 bits per heavy atom. The van der Waals surface area contributed by atoms with Crippen molar-refractivity contribution in [3.8, 4) is 0 Å². The highest BCUT2D eigenvalue weighted by Gasteiger charge is 2.78. The van der Waals surface area contributed by atoms with Crippen molar-refractivity contribution in [2.45, 2.75) is 40.0 Å². The lowest BCUT2D eigenvalue weighted by Gasteiger charge is -2.28. The van der Waals surface area contributed by atoms with E-state index in [4.69, 9.17) is 9.47 Å². The zero-order valence-corrected chi connectivity index (χ0v) is 15.3. The molecule has 0 radical (unpaired) electrons. The second-order valence-corrected chi connectivity index (χ2v) is 7.54. The summed E-state index contributed by atoms with van der Waals surface area (Å²) in [5, 5.41) is 0. The van der Waals surface area contributed by atoms with Crippen molar-refractivity contribution in [2.75, 3.05) is 13.2 Å². The molecule has 0 N–H and O–H groups in total. The summed E-state index contributed by atoms with van der Waals surface area (Å²) in [4.78, 5) is 25.5. The number of hydrogen-bond acceptors (Lipinski definition) is 4. The van der Waals surface area contributed by atoms with Crippen LogP contribution in [-0.4, -0.2) is 25.2 Å². The largest absolute Gasteiger partial charge is 0.465 e. The minimum atomic E-state index is -1.21. The van der Waals surface area contributed by atoms with Gasteiger partial charge in [-0.05, 0) is 49.7 Å². The quantitative estimate of drug-likeness (QED) is 0.579. The monoisotopic (exact) mass is 342 g/mol. The number of benzene rings is 1. The minimum absolute atomic E-state index is 0.126. The summed E-state index contributed by atoms with van der Waals surface area (Å²) in [6.07, 6.45) is 1.82. The van der Waals surface area contributed by atoms with Crippen LogP contribution < -0.4 is 0 Å². The summed E-state index contributed by atoms with van der Waals surface area (Å²) in [5.41, 5.74) is 0.491. The van der Waals surface area contributed by atoms with Gasteiger partial charge >= 0.3 is 11.9 Å². The van der Waals surface area contributed by atoms with Gasteiger partial charge in [-0.15, -0.1) is 0 Å². The van der Waals surface area contributed by atoms with Crippen molar-refractivity contribution in [1.82, 2.24) is 0 Å². The molecule has 4 nitrogen and oxygen atoms in total. The lowest BCUT2D eigenvalue weighted by atomic mass is 9.77. The van der Waals surface area contributed by atoms with Crippen LogP contribution in [0, 0.1) is 16.2 Å². The first-order valence-electron chi connectivity index (χ1n) is 8.94. The molecule has 134 valence electrons. The normalized spacial score (nSPS) is 28.8. The maximum absolute atomic E-state index is 12.7. The predicted molar refractivity (Wildman–Crippen MR) is 95.6 cm³/mol. The Morgan fingerprint density at radius 2 is 1.56 bits per heavy atom. The van der Waals surface area contributed by atoms with Crippen LogP contribution in [0.4, 0.5) is 0 Å². The molecule has 0 amide bonds. The highest BCUT2D eigenvalue weighted by atomic mass is 16.6. The van der Waals surface area contributed by atoms with E-state index < -0.39 is 17.4 Å². The standard InChI is InChI=1S/C21H26O4/c1-5-24-17(22)20(18(23)25-6-2)12-19(4)13-21(19,14-20)15(3)16-10-8-7-9-11-16/h7-11H,3,5-6,12-14H2,1-2,4H3. The molecular weight excluding hydrogens is 316 g/mol. The van der Waals surface area contributed by atoms with E-state index in [2.05, 4.69) is 13.5 Å². The van der Waals surface area contributed by atoms with Gasteiger partial charge < -0.3 is 9.47 Å². The zero-order valence-electron chi connectivity index (χ0n) is 15.3. The summed E-state index contributed by atoms with van der Waals surface area (Å²) in [6, 6.07) is 10.00. The number of carbonyl (C=O) groups is 2. The molecule has 2 aliphatic carbocycles. The summed E-state index contributed by atoms with van der Waals surface area (Å²) >= 11 is 0. The Hall–Kier alpha value is -2.10. The maximum atomic E-state index is 12.7. The van der Waals surface area contributed by atoms with Crippen LogP contribution in [-0.2, 0) is 19.1 Å². The van der Waals surface area contributed by atoms with Crippen LogP contribution in [0.15, 0.2) is 36.9 Å². The average Bonchev–Trinajstić information content (AvgIpc) is 3.08. The number of fused-ring (bicyclic) bond motifs is 1. The van der Waals surface area contributed by atoms with Crippen LogP contribution in [0.5, 0.6) is 0 Å². The molecule has 1 aromatic carbocycles. The molecule has 2 aliphatic rings. The molecule has 0 aliphatic heterocycles. The predicted octanol–water partition coefficient (Wildman–Crippen LogP) is 4.00. The van der Waals surface area contributed by atoms with Crippen molar-refractivity contribution in [3.05, 3.63) is 42.5 Å². The van der Waals surface area contributed by atoms with Crippen molar-refractivity contribution < 1.29 is 19.1 Å². The van der Waals surface area contributed by atoms with Gasteiger partial charge in [-0.1, -0.05) is 43.8 Å². The highest BCUT2D eigenvalue weighted by molar-refractivity contribution is 6.02. The summed E-state index contributed by atoms with van der Waals surface area (Å²) in [6.45, 7) is 10.5. The Balaban J connectivity index is 1.96. The van der Waals surface area contributed by atoms with Crippen LogP contribution in [0.1, 0.15) is 45.6 Å². The molecule has 2 atom stereocenters. The fourth-order valence-corrected chi connectivity index (χ4v) is 4.78. The van der Waals surface area contributed by atoms with Crippen molar-refractivity contribution in [2.24, 2.45) is 16.2 Å². The van der Waals surface area contributed by atoms with E-state index in [1.165, 1.54) is 0 Å². The maximum Gasteiger partial charge on any atom is 0.323 e. The molecular formula is C21H26O4. The molecule has 0 heterocycles. The number of hydrogen-bond donors (Lipinski definition) is 0. The molecule has 4 heteroatoms. The van der Waals surface area contributed by atoms with E-state index >= 15 is 0 Å². The van der Waals surface area contributed by atoms with Gasteiger partial charge in [0, 0.05) is 5.41 Å². The third kappa shape index (κ3) is 2.50. The van der Waals surface area contributed by atoms with Crippen LogP contribution in [0.25, 0.3) is 5.57 Å². The first-order chi connectivity index (χ1) is 11.8. The molecule has 2 saturated carbocycles. The SMILES string of the molecule is C=C(c1ccccc1)C12CC(C(=O)OCC)(C(=O)OCC)CC1(C)C2. The van der Waals surface area contributed by atoms with Gasteiger partial charge in [-0.2, -0.15) is 0 Å². The number of esters is 2. The molecule has 25 heavy (non-hydrogen) atoms. The first kappa shape index (κ1) is 17.7. The van der Waals surface area contributed by atoms with Crippen LogP contribution in [0.3, 0.4) is 0 Å². The first-order valence-corrected chi connectivity index (χ1v) is 8.94. The fraction of sp³-hybridized carbons (Fsp3) is 0.524. The Morgan fingerprint density at radius 3 is 2.08 bits per heavy atom. The van der Waals surface area contributed by atoms with Gasteiger partial charge in [0.05, 0.1) is 13.2 Å². The van der Waals surface area contributed by atoms with E-state index in [9.17, 15) is 9.59 Å². The third-order valence-corrected chi connectivity index (χ3v) is 6.05. The number of ether oxygens (including phenoxy) is 2. The van der Waals surface area contributed by atoms with Gasteiger partial charge in [0.25, 0.3) is 0 Å². The van der Waals surface area contributed by atoms with Crippen LogP contribution >= 0.6 is 0 Å². The van der Waals surface area contributed by atoms with E-state index in [1.807, 2.05) is 30.3 Å². The molecule has 2 fully saturated rings. The molecule has 0 aromatic heterocycles. The van der Waals surface area contributed by atoms with Crippen molar-refractivity contribution >= 4 is 17.5 Å². The third-order valence-electron chi connectivity index (χ3n) is 6.05. The number of allylic oxidation sites excluding steroid dienone is 1. The second-order valence-electron chi connectivity index (χ2n) is 7.54. The molecule has 0 spiro atoms. The topological polar surface area (TPSA) is 52.6 Å². The Kier molecular flexibility index (Phi) is 4.26. The average molecular weight is 342 g/mol. The van der Waals surface area contributed by atoms with E-state index in [0.29, 0.717) is 12.8 Å². The van der Waals surface area contributed by atoms with Crippen molar-refractivity contribution in [3.63, 3.8) is 0 Å². The van der Waals surface area contributed by atoms with E-state index in [-0.39, 0.29) is 24.0 Å². The van der Waals surface area contributed by atoms with Crippen molar-refractivity contribution in [1.29, 1.82) is 0 Å². The fourth-order valence-electron chi connectivity index (χ4n) is 4.78. The number of rotatable bonds is 6. The van der Waals surface area contributed by atoms with E-state index in [1.54, 1.807) is 13.8 Å². The minimum Gasteiger partial charge on any atom is -0.465 e. The Labute approximate surface area is 149 Å². The van der Waals surface area contributed by atoms with Gasteiger partial charge in [0.15, 0.2) is 5.41 Å². The van der Waals surface area contributed by atoms with Gasteiger partial charge in [0.2, 0.25) is 0 Å². The van der Waals surface area contributed by atoms with Crippen LogP contribution in [0.2, 0.25) is 0 Å². The summed E-state index contributed by atoms with van der Waals surface area (Å²) in [7, 11) is 0. The summed E-state index contributed by atoms with van der Waals surface area (Å²) in [5.74, 6) is -0.913. The lowest BCUT2D eigenvalue weighted by molar-refractivity contribution is -0.173. The Bertz CT molecular complexity index is 690. The van der Waals surface area contributed by atoms with Gasteiger partial charge in [0.1, 0.15) is 0 Å². The van der Waals surface area contributed by atoms with Gasteiger partial charge in [-0.25, -0.2) is 0 Å². The zero-order chi connectivity index (χ0) is 18.3. The lowest BCUT2D eigenvalue weighted by Crippen LogP contribution is -2.42. The summed E-state index contributed by atoms with van der Waals surface area (Å²) < 4.78 is 10.5. The molecule has 2 unspecified atom stereocenters.